The molecule has 0 fully saturated rings. The predicted octanol–water partition coefficient (Wildman–Crippen LogP) is 1.97. The summed E-state index contributed by atoms with van der Waals surface area (Å²) in [5.41, 5.74) is 3.79. The lowest BCUT2D eigenvalue weighted by Crippen LogP contribution is -2.36. The van der Waals surface area contributed by atoms with E-state index in [1.165, 1.54) is 0 Å². The Hall–Kier alpha value is -2.41. The number of rotatable bonds is 4. The molecule has 0 bridgehead atoms. The van der Waals surface area contributed by atoms with Crippen LogP contribution < -0.4 is 19.8 Å². The van der Waals surface area contributed by atoms with Gasteiger partial charge in [-0.25, -0.2) is 0 Å². The van der Waals surface area contributed by atoms with Crippen LogP contribution in [0.25, 0.3) is 0 Å². The van der Waals surface area contributed by atoms with Crippen LogP contribution in [0.5, 0.6) is 17.2 Å². The Morgan fingerprint density at radius 1 is 1.32 bits per heavy atom. The van der Waals surface area contributed by atoms with E-state index in [2.05, 4.69) is 22.0 Å². The molecule has 0 aliphatic carbocycles. The number of likely N-dealkylation sites (N-methyl/N-ethyl adjacent to an activating group) is 1. The first-order valence-electron chi connectivity index (χ1n) is 8.64. The van der Waals surface area contributed by atoms with Crippen LogP contribution in [0.15, 0.2) is 10.9 Å². The number of benzene rings is 1. The van der Waals surface area contributed by atoms with Gasteiger partial charge in [-0.1, -0.05) is 13.3 Å². The van der Waals surface area contributed by atoms with Crippen LogP contribution in [0.2, 0.25) is 0 Å². The van der Waals surface area contributed by atoms with Crippen LogP contribution in [-0.4, -0.2) is 42.6 Å². The molecule has 2 aromatic rings. The molecule has 7 nitrogen and oxygen atoms in total. The summed E-state index contributed by atoms with van der Waals surface area (Å²) in [5.74, 6) is 2.02. The molecule has 134 valence electrons. The minimum absolute atomic E-state index is 0.0760. The van der Waals surface area contributed by atoms with Crippen molar-refractivity contribution in [2.24, 2.45) is 0 Å². The summed E-state index contributed by atoms with van der Waals surface area (Å²) >= 11 is 0. The second kappa shape index (κ2) is 6.15. The number of hydrogen-bond acceptors (Lipinski definition) is 5. The first kappa shape index (κ1) is 16.1. The van der Waals surface area contributed by atoms with Gasteiger partial charge < -0.3 is 19.3 Å². The minimum Gasteiger partial charge on any atom is -0.492 e. The van der Waals surface area contributed by atoms with Gasteiger partial charge in [0, 0.05) is 17.8 Å². The molecule has 4 rings (SSSR count). The average Bonchev–Trinajstić information content (AvgIpc) is 3.21. The number of aromatic nitrogens is 2. The number of nitrogens with zero attached hydrogens (tertiary/aromatic N) is 1. The van der Waals surface area contributed by atoms with Crippen molar-refractivity contribution in [3.8, 4) is 17.2 Å². The predicted molar refractivity (Wildman–Crippen MR) is 92.7 cm³/mol. The summed E-state index contributed by atoms with van der Waals surface area (Å²) in [5, 5.41) is 5.81. The highest BCUT2D eigenvalue weighted by atomic mass is 16.7. The zero-order valence-corrected chi connectivity index (χ0v) is 14.8. The van der Waals surface area contributed by atoms with E-state index in [9.17, 15) is 4.79 Å². The smallest absolute Gasteiger partial charge is 0.269 e. The Morgan fingerprint density at radius 3 is 2.92 bits per heavy atom. The molecule has 1 unspecified atom stereocenters. The number of fused-ring (bicyclic) bond motifs is 2. The SMILES string of the molecule is CCCc1[nH][nH]c(=O)c1C1c2c(cc3c(c2OC)OCO3)CCN1C. The monoisotopic (exact) mass is 345 g/mol. The Bertz CT molecular complexity index is 855. The zero-order chi connectivity index (χ0) is 17.6. The lowest BCUT2D eigenvalue weighted by Gasteiger charge is -2.35. The molecule has 2 N–H and O–H groups in total. The second-order valence-corrected chi connectivity index (χ2v) is 6.57. The van der Waals surface area contributed by atoms with Crippen LogP contribution in [0.3, 0.4) is 0 Å². The van der Waals surface area contributed by atoms with Crippen molar-refractivity contribution < 1.29 is 14.2 Å². The van der Waals surface area contributed by atoms with Crippen LogP contribution in [0, 0.1) is 0 Å². The lowest BCUT2D eigenvalue weighted by atomic mass is 9.86. The van der Waals surface area contributed by atoms with Gasteiger partial charge in [0.05, 0.1) is 18.7 Å². The van der Waals surface area contributed by atoms with Gasteiger partial charge in [0.2, 0.25) is 12.5 Å². The quantitative estimate of drug-likeness (QED) is 0.886. The highest BCUT2D eigenvalue weighted by Crippen LogP contribution is 2.50. The normalized spacial score (nSPS) is 19.1. The average molecular weight is 345 g/mol. The maximum absolute atomic E-state index is 12.6. The number of aryl methyl sites for hydroxylation is 1. The molecule has 3 heterocycles. The van der Waals surface area contributed by atoms with Crippen molar-refractivity contribution in [3.63, 3.8) is 0 Å². The topological polar surface area (TPSA) is 79.6 Å². The van der Waals surface area contributed by atoms with E-state index in [1.807, 2.05) is 13.1 Å². The molecule has 1 aromatic carbocycles. The van der Waals surface area contributed by atoms with Crippen molar-refractivity contribution in [3.05, 3.63) is 38.8 Å². The summed E-state index contributed by atoms with van der Waals surface area (Å²) < 4.78 is 16.9. The third kappa shape index (κ3) is 2.41. The lowest BCUT2D eigenvalue weighted by molar-refractivity contribution is 0.171. The van der Waals surface area contributed by atoms with Crippen LogP contribution in [-0.2, 0) is 12.8 Å². The molecule has 1 atom stereocenters. The van der Waals surface area contributed by atoms with Gasteiger partial charge in [-0.05, 0) is 31.5 Å². The summed E-state index contributed by atoms with van der Waals surface area (Å²) in [6.45, 7) is 3.16. The molecule has 2 aliphatic heterocycles. The number of methoxy groups -OCH3 is 1. The largest absolute Gasteiger partial charge is 0.492 e. The van der Waals surface area contributed by atoms with Crippen LogP contribution >= 0.6 is 0 Å². The minimum atomic E-state index is -0.176. The fraction of sp³-hybridized carbons (Fsp3) is 0.500. The van der Waals surface area contributed by atoms with Crippen molar-refractivity contribution in [1.29, 1.82) is 0 Å². The van der Waals surface area contributed by atoms with Gasteiger partial charge in [-0.3, -0.25) is 14.8 Å². The third-order valence-electron chi connectivity index (χ3n) is 5.07. The standard InChI is InChI=1S/C18H23N3O4/c1-4-5-11-14(18(22)20-19-11)15-13-10(6-7-21(15)2)8-12-16(17(13)23-3)25-9-24-12/h8,15H,4-7,9H2,1-3H3,(H2,19,20,22). The fourth-order valence-electron chi connectivity index (χ4n) is 3.94. The molecule has 2 aliphatic rings. The summed E-state index contributed by atoms with van der Waals surface area (Å²) in [4.78, 5) is 14.8. The van der Waals surface area contributed by atoms with E-state index in [1.54, 1.807) is 7.11 Å². The molecule has 0 amide bonds. The van der Waals surface area contributed by atoms with E-state index >= 15 is 0 Å². The Kier molecular flexibility index (Phi) is 3.95. The Labute approximate surface area is 145 Å². The Morgan fingerprint density at radius 2 is 2.16 bits per heavy atom. The molecule has 0 spiro atoms. The molecular formula is C18H23N3O4. The molecule has 1 aromatic heterocycles. The molecule has 25 heavy (non-hydrogen) atoms. The fourth-order valence-corrected chi connectivity index (χ4v) is 3.94. The molecule has 0 radical (unpaired) electrons. The number of nitrogens with one attached hydrogen (secondary N) is 2. The summed E-state index contributed by atoms with van der Waals surface area (Å²) in [7, 11) is 3.68. The zero-order valence-electron chi connectivity index (χ0n) is 14.8. The number of aromatic amines is 2. The van der Waals surface area contributed by atoms with E-state index < -0.39 is 0 Å². The van der Waals surface area contributed by atoms with Gasteiger partial charge in [0.1, 0.15) is 0 Å². The third-order valence-corrected chi connectivity index (χ3v) is 5.07. The van der Waals surface area contributed by atoms with E-state index in [4.69, 9.17) is 14.2 Å². The van der Waals surface area contributed by atoms with E-state index in [0.717, 1.165) is 53.9 Å². The van der Waals surface area contributed by atoms with Crippen molar-refractivity contribution in [2.75, 3.05) is 27.5 Å². The van der Waals surface area contributed by atoms with Gasteiger partial charge in [-0.15, -0.1) is 0 Å². The van der Waals surface area contributed by atoms with Gasteiger partial charge in [-0.2, -0.15) is 0 Å². The molecule has 0 saturated heterocycles. The first-order valence-corrected chi connectivity index (χ1v) is 8.64. The summed E-state index contributed by atoms with van der Waals surface area (Å²) in [6.07, 6.45) is 2.66. The first-order chi connectivity index (χ1) is 12.2. The highest BCUT2D eigenvalue weighted by Gasteiger charge is 2.37. The molecule has 7 heteroatoms. The van der Waals surface area contributed by atoms with Crippen LogP contribution in [0.4, 0.5) is 0 Å². The van der Waals surface area contributed by atoms with Crippen LogP contribution in [0.1, 0.15) is 41.8 Å². The number of hydrogen-bond donors (Lipinski definition) is 2. The number of H-pyrrole nitrogens is 2. The molecular weight excluding hydrogens is 322 g/mol. The number of ether oxygens (including phenoxy) is 3. The summed E-state index contributed by atoms with van der Waals surface area (Å²) in [6, 6.07) is 1.85. The maximum atomic E-state index is 12.6. The van der Waals surface area contributed by atoms with Crippen molar-refractivity contribution >= 4 is 0 Å². The molecule has 0 saturated carbocycles. The second-order valence-electron chi connectivity index (χ2n) is 6.57. The van der Waals surface area contributed by atoms with E-state index in [-0.39, 0.29) is 18.4 Å². The maximum Gasteiger partial charge on any atom is 0.269 e. The Balaban J connectivity index is 1.95. The highest BCUT2D eigenvalue weighted by molar-refractivity contribution is 5.63. The van der Waals surface area contributed by atoms with Gasteiger partial charge >= 0.3 is 0 Å². The van der Waals surface area contributed by atoms with E-state index in [0.29, 0.717) is 11.5 Å². The van der Waals surface area contributed by atoms with Gasteiger partial charge in [0.15, 0.2) is 11.5 Å². The van der Waals surface area contributed by atoms with Gasteiger partial charge in [0.25, 0.3) is 5.56 Å². The van der Waals surface area contributed by atoms with Crippen molar-refractivity contribution in [1.82, 2.24) is 15.1 Å². The van der Waals surface area contributed by atoms with Crippen molar-refractivity contribution in [2.45, 2.75) is 32.2 Å².